The molecule has 0 saturated carbocycles. The van der Waals surface area contributed by atoms with Crippen molar-refractivity contribution in [1.29, 1.82) is 0 Å². The molecule has 104 valence electrons. The van der Waals surface area contributed by atoms with Crippen LogP contribution in [0.4, 0.5) is 10.2 Å². The number of carbonyl (C=O) groups excluding carboxylic acids is 1. The SMILES string of the molecule is CCOC(=O)c1c(C)nc(-c2cccc(F)c2)nc1N. The van der Waals surface area contributed by atoms with E-state index in [0.29, 0.717) is 11.3 Å². The highest BCUT2D eigenvalue weighted by Crippen LogP contribution is 2.21. The van der Waals surface area contributed by atoms with Crippen molar-refractivity contribution in [3.8, 4) is 11.4 Å². The van der Waals surface area contributed by atoms with Crippen molar-refractivity contribution in [2.75, 3.05) is 12.3 Å². The van der Waals surface area contributed by atoms with E-state index in [1.54, 1.807) is 26.0 Å². The third kappa shape index (κ3) is 2.74. The van der Waals surface area contributed by atoms with E-state index in [9.17, 15) is 9.18 Å². The fourth-order valence-corrected chi connectivity index (χ4v) is 1.81. The van der Waals surface area contributed by atoms with Gasteiger partial charge in [-0.25, -0.2) is 19.2 Å². The molecule has 0 spiro atoms. The number of carbonyl (C=O) groups is 1. The van der Waals surface area contributed by atoms with Gasteiger partial charge in [-0.05, 0) is 26.0 Å². The standard InChI is InChI=1S/C14H14FN3O2/c1-3-20-14(19)11-8(2)17-13(18-12(11)16)9-5-4-6-10(15)7-9/h4-7H,3H2,1-2H3,(H2,16,17,18). The number of esters is 1. The lowest BCUT2D eigenvalue weighted by Crippen LogP contribution is -2.13. The molecule has 2 rings (SSSR count). The summed E-state index contributed by atoms with van der Waals surface area (Å²) < 4.78 is 18.1. The largest absolute Gasteiger partial charge is 0.462 e. The predicted molar refractivity (Wildman–Crippen MR) is 72.5 cm³/mol. The summed E-state index contributed by atoms with van der Waals surface area (Å²) in [5.41, 5.74) is 6.82. The molecule has 1 aromatic heterocycles. The van der Waals surface area contributed by atoms with Crippen LogP contribution in [0.2, 0.25) is 0 Å². The molecule has 0 amide bonds. The maximum Gasteiger partial charge on any atom is 0.343 e. The number of aromatic nitrogens is 2. The molecule has 5 nitrogen and oxygen atoms in total. The van der Waals surface area contributed by atoms with Crippen molar-refractivity contribution < 1.29 is 13.9 Å². The van der Waals surface area contributed by atoms with Crippen LogP contribution in [0.5, 0.6) is 0 Å². The Kier molecular flexibility index (Phi) is 3.93. The summed E-state index contributed by atoms with van der Waals surface area (Å²) in [6.45, 7) is 3.57. The van der Waals surface area contributed by atoms with Crippen LogP contribution in [0.1, 0.15) is 23.0 Å². The van der Waals surface area contributed by atoms with E-state index >= 15 is 0 Å². The number of hydrogen-bond acceptors (Lipinski definition) is 5. The first kappa shape index (κ1) is 13.9. The van der Waals surface area contributed by atoms with Crippen LogP contribution < -0.4 is 5.73 Å². The van der Waals surface area contributed by atoms with Gasteiger partial charge in [0.25, 0.3) is 0 Å². The molecule has 0 atom stereocenters. The summed E-state index contributed by atoms with van der Waals surface area (Å²) in [5.74, 6) is -0.659. The number of anilines is 1. The van der Waals surface area contributed by atoms with Crippen molar-refractivity contribution in [2.45, 2.75) is 13.8 Å². The maximum atomic E-state index is 13.2. The average Bonchev–Trinajstić information content (AvgIpc) is 2.38. The third-order valence-electron chi connectivity index (χ3n) is 2.68. The van der Waals surface area contributed by atoms with E-state index in [2.05, 4.69) is 9.97 Å². The van der Waals surface area contributed by atoms with Gasteiger partial charge in [-0.2, -0.15) is 0 Å². The predicted octanol–water partition coefficient (Wildman–Crippen LogP) is 2.35. The second-order valence-electron chi connectivity index (χ2n) is 4.12. The van der Waals surface area contributed by atoms with Crippen LogP contribution in [-0.4, -0.2) is 22.5 Å². The highest BCUT2D eigenvalue weighted by Gasteiger charge is 2.18. The zero-order chi connectivity index (χ0) is 14.7. The zero-order valence-corrected chi connectivity index (χ0v) is 11.2. The molecule has 0 bridgehead atoms. The van der Waals surface area contributed by atoms with Gasteiger partial charge in [0.1, 0.15) is 17.2 Å². The molecule has 0 aliphatic carbocycles. The third-order valence-corrected chi connectivity index (χ3v) is 2.68. The normalized spacial score (nSPS) is 10.3. The van der Waals surface area contributed by atoms with Crippen LogP contribution in [-0.2, 0) is 4.74 Å². The molecule has 0 saturated heterocycles. The smallest absolute Gasteiger partial charge is 0.343 e. The number of ether oxygens (including phenoxy) is 1. The molecular formula is C14H14FN3O2. The molecule has 6 heteroatoms. The van der Waals surface area contributed by atoms with Crippen LogP contribution in [0.3, 0.4) is 0 Å². The molecule has 0 fully saturated rings. The second-order valence-corrected chi connectivity index (χ2v) is 4.12. The molecule has 0 radical (unpaired) electrons. The van der Waals surface area contributed by atoms with E-state index in [1.165, 1.54) is 12.1 Å². The summed E-state index contributed by atoms with van der Waals surface area (Å²) in [6, 6.07) is 5.85. The number of nitrogens with two attached hydrogens (primary N) is 1. The van der Waals surface area contributed by atoms with Crippen LogP contribution >= 0.6 is 0 Å². The number of hydrogen-bond donors (Lipinski definition) is 1. The monoisotopic (exact) mass is 275 g/mol. The number of aryl methyl sites for hydroxylation is 1. The van der Waals surface area contributed by atoms with Gasteiger partial charge in [-0.15, -0.1) is 0 Å². The Labute approximate surface area is 115 Å². The van der Waals surface area contributed by atoms with Gasteiger partial charge in [-0.3, -0.25) is 0 Å². The van der Waals surface area contributed by atoms with Crippen molar-refractivity contribution in [3.05, 3.63) is 41.3 Å². The average molecular weight is 275 g/mol. The van der Waals surface area contributed by atoms with Crippen LogP contribution in [0, 0.1) is 12.7 Å². The van der Waals surface area contributed by atoms with Crippen molar-refractivity contribution in [2.24, 2.45) is 0 Å². The Bertz CT molecular complexity index is 636. The Balaban J connectivity index is 2.47. The molecule has 20 heavy (non-hydrogen) atoms. The first-order valence-electron chi connectivity index (χ1n) is 6.10. The van der Waals surface area contributed by atoms with Gasteiger partial charge in [0.05, 0.1) is 12.3 Å². The number of halogens is 1. The molecule has 2 N–H and O–H groups in total. The summed E-state index contributed by atoms with van der Waals surface area (Å²) in [5, 5.41) is 0. The zero-order valence-electron chi connectivity index (χ0n) is 11.2. The molecule has 0 aliphatic heterocycles. The molecule has 1 aromatic carbocycles. The van der Waals surface area contributed by atoms with Gasteiger partial charge >= 0.3 is 5.97 Å². The van der Waals surface area contributed by atoms with Gasteiger partial charge < -0.3 is 10.5 Å². The summed E-state index contributed by atoms with van der Waals surface area (Å²) in [6.07, 6.45) is 0. The van der Waals surface area contributed by atoms with Crippen molar-refractivity contribution in [3.63, 3.8) is 0 Å². The van der Waals surface area contributed by atoms with Crippen LogP contribution in [0.25, 0.3) is 11.4 Å². The summed E-state index contributed by atoms with van der Waals surface area (Å²) in [7, 11) is 0. The number of benzene rings is 1. The Hall–Kier alpha value is -2.50. The fraction of sp³-hybridized carbons (Fsp3) is 0.214. The second kappa shape index (κ2) is 5.64. The van der Waals surface area contributed by atoms with Gasteiger partial charge in [0, 0.05) is 5.56 Å². The topological polar surface area (TPSA) is 78.1 Å². The molecular weight excluding hydrogens is 261 g/mol. The lowest BCUT2D eigenvalue weighted by molar-refractivity contribution is 0.0526. The summed E-state index contributed by atoms with van der Waals surface area (Å²) in [4.78, 5) is 20.0. The van der Waals surface area contributed by atoms with Gasteiger partial charge in [0.2, 0.25) is 0 Å². The van der Waals surface area contributed by atoms with E-state index in [0.717, 1.165) is 0 Å². The number of nitrogen functional groups attached to an aromatic ring is 1. The highest BCUT2D eigenvalue weighted by molar-refractivity contribution is 5.95. The van der Waals surface area contributed by atoms with Crippen molar-refractivity contribution in [1.82, 2.24) is 9.97 Å². The Morgan fingerprint density at radius 2 is 2.15 bits per heavy atom. The maximum absolute atomic E-state index is 13.2. The molecule has 0 unspecified atom stereocenters. The fourth-order valence-electron chi connectivity index (χ4n) is 1.81. The minimum absolute atomic E-state index is 0.0233. The van der Waals surface area contributed by atoms with Crippen LogP contribution in [0.15, 0.2) is 24.3 Å². The van der Waals surface area contributed by atoms with E-state index in [4.69, 9.17) is 10.5 Å². The number of nitrogens with zero attached hydrogens (tertiary/aromatic N) is 2. The van der Waals surface area contributed by atoms with E-state index < -0.39 is 11.8 Å². The minimum atomic E-state index is -0.562. The Morgan fingerprint density at radius 3 is 2.75 bits per heavy atom. The molecule has 1 heterocycles. The lowest BCUT2D eigenvalue weighted by atomic mass is 10.1. The van der Waals surface area contributed by atoms with E-state index in [1.807, 2.05) is 0 Å². The van der Waals surface area contributed by atoms with Gasteiger partial charge in [-0.1, -0.05) is 12.1 Å². The quantitative estimate of drug-likeness (QED) is 0.870. The Morgan fingerprint density at radius 1 is 1.40 bits per heavy atom. The summed E-state index contributed by atoms with van der Waals surface area (Å²) >= 11 is 0. The first-order valence-corrected chi connectivity index (χ1v) is 6.10. The highest BCUT2D eigenvalue weighted by atomic mass is 19.1. The van der Waals surface area contributed by atoms with Gasteiger partial charge in [0.15, 0.2) is 5.82 Å². The molecule has 0 aliphatic rings. The number of rotatable bonds is 3. The lowest BCUT2D eigenvalue weighted by Gasteiger charge is -2.09. The minimum Gasteiger partial charge on any atom is -0.462 e. The molecule has 2 aromatic rings. The van der Waals surface area contributed by atoms with Crippen molar-refractivity contribution >= 4 is 11.8 Å². The first-order chi connectivity index (χ1) is 9.52. The van der Waals surface area contributed by atoms with E-state index in [-0.39, 0.29) is 23.8 Å².